The summed E-state index contributed by atoms with van der Waals surface area (Å²) in [6.07, 6.45) is 10.8. The van der Waals surface area contributed by atoms with E-state index in [0.717, 1.165) is 12.6 Å². The van der Waals surface area contributed by atoms with Crippen molar-refractivity contribution in [3.05, 3.63) is 35.9 Å². The molecule has 4 heteroatoms. The van der Waals surface area contributed by atoms with Crippen molar-refractivity contribution in [1.82, 2.24) is 4.90 Å². The predicted octanol–water partition coefficient (Wildman–Crippen LogP) is 4.55. The molecular weight excluding hydrogens is 327 g/mol. The summed E-state index contributed by atoms with van der Waals surface area (Å²) in [5.74, 6) is 0. The molecule has 2 fully saturated rings. The molecule has 132 valence electrons. The smallest absolute Gasteiger partial charge is 0.00959 e. The van der Waals surface area contributed by atoms with Crippen LogP contribution in [0.5, 0.6) is 0 Å². The Morgan fingerprint density at radius 2 is 1.48 bits per heavy atom. The van der Waals surface area contributed by atoms with E-state index in [1.807, 2.05) is 0 Å². The van der Waals surface area contributed by atoms with E-state index in [9.17, 15) is 0 Å². The van der Waals surface area contributed by atoms with Gasteiger partial charge in [0, 0.05) is 18.0 Å². The van der Waals surface area contributed by atoms with Crippen molar-refractivity contribution < 1.29 is 0 Å². The Labute approximate surface area is 154 Å². The van der Waals surface area contributed by atoms with Crippen molar-refractivity contribution in [3.63, 3.8) is 0 Å². The molecule has 1 saturated carbocycles. The lowest BCUT2D eigenvalue weighted by Gasteiger charge is -2.43. The van der Waals surface area contributed by atoms with Crippen molar-refractivity contribution in [2.24, 2.45) is 5.73 Å². The van der Waals surface area contributed by atoms with E-state index in [1.54, 1.807) is 0 Å². The van der Waals surface area contributed by atoms with Crippen LogP contribution >= 0.6 is 24.8 Å². The van der Waals surface area contributed by atoms with Crippen LogP contribution in [0.3, 0.4) is 0 Å². The number of rotatable bonds is 3. The van der Waals surface area contributed by atoms with Crippen LogP contribution in [0.4, 0.5) is 0 Å². The van der Waals surface area contributed by atoms with Crippen molar-refractivity contribution in [1.29, 1.82) is 0 Å². The molecule has 0 aromatic heterocycles. The molecule has 0 amide bonds. The number of nitrogens with two attached hydrogens (primary N) is 1. The third-order valence-electron chi connectivity index (χ3n) is 5.85. The first kappa shape index (κ1) is 20.8. The first-order valence-corrected chi connectivity index (χ1v) is 8.84. The SMILES string of the molecule is Cl.Cl.NC[C@]1(c2ccccc2)CC[C@@H](N2CCCCCC2)CC1. The average molecular weight is 359 g/mol. The van der Waals surface area contributed by atoms with E-state index in [1.165, 1.54) is 70.0 Å². The molecule has 0 radical (unpaired) electrons. The lowest BCUT2D eigenvalue weighted by atomic mass is 9.68. The van der Waals surface area contributed by atoms with Crippen LogP contribution in [-0.4, -0.2) is 30.6 Å². The van der Waals surface area contributed by atoms with Gasteiger partial charge < -0.3 is 10.6 Å². The largest absolute Gasteiger partial charge is 0.330 e. The molecule has 23 heavy (non-hydrogen) atoms. The first-order chi connectivity index (χ1) is 10.3. The Balaban J connectivity index is 0.00000132. The van der Waals surface area contributed by atoms with Crippen molar-refractivity contribution in [3.8, 4) is 0 Å². The molecule has 1 saturated heterocycles. The highest BCUT2D eigenvalue weighted by atomic mass is 35.5. The lowest BCUT2D eigenvalue weighted by Crippen LogP contribution is -2.45. The lowest BCUT2D eigenvalue weighted by molar-refractivity contribution is 0.128. The van der Waals surface area contributed by atoms with E-state index in [-0.39, 0.29) is 30.2 Å². The van der Waals surface area contributed by atoms with Gasteiger partial charge in [-0.05, 0) is 57.2 Å². The van der Waals surface area contributed by atoms with Crippen LogP contribution in [0.1, 0.15) is 56.9 Å². The maximum atomic E-state index is 6.21. The predicted molar refractivity (Wildman–Crippen MR) is 104 cm³/mol. The van der Waals surface area contributed by atoms with Gasteiger partial charge in [-0.2, -0.15) is 0 Å². The second-order valence-electron chi connectivity index (χ2n) is 7.03. The number of hydrogen-bond acceptors (Lipinski definition) is 2. The fraction of sp³-hybridized carbons (Fsp3) is 0.684. The van der Waals surface area contributed by atoms with Gasteiger partial charge in [0.25, 0.3) is 0 Å². The fourth-order valence-electron chi connectivity index (χ4n) is 4.38. The molecule has 1 aromatic carbocycles. The van der Waals surface area contributed by atoms with Crippen molar-refractivity contribution >= 4 is 24.8 Å². The highest BCUT2D eigenvalue weighted by molar-refractivity contribution is 5.85. The summed E-state index contributed by atoms with van der Waals surface area (Å²) in [6, 6.07) is 11.8. The van der Waals surface area contributed by atoms with Crippen LogP contribution in [0.25, 0.3) is 0 Å². The van der Waals surface area contributed by atoms with E-state index < -0.39 is 0 Å². The van der Waals surface area contributed by atoms with Gasteiger partial charge in [0.2, 0.25) is 0 Å². The molecule has 2 nitrogen and oxygen atoms in total. The molecule has 0 bridgehead atoms. The van der Waals surface area contributed by atoms with Gasteiger partial charge in [-0.15, -0.1) is 24.8 Å². The van der Waals surface area contributed by atoms with E-state index >= 15 is 0 Å². The van der Waals surface area contributed by atoms with Crippen LogP contribution in [0.15, 0.2) is 30.3 Å². The molecule has 0 unspecified atom stereocenters. The highest BCUT2D eigenvalue weighted by Crippen LogP contribution is 2.40. The van der Waals surface area contributed by atoms with E-state index in [2.05, 4.69) is 35.2 Å². The molecule has 0 spiro atoms. The zero-order chi connectivity index (χ0) is 14.5. The second kappa shape index (κ2) is 9.88. The maximum absolute atomic E-state index is 6.21. The van der Waals surface area contributed by atoms with Crippen molar-refractivity contribution in [2.75, 3.05) is 19.6 Å². The van der Waals surface area contributed by atoms with Crippen molar-refractivity contribution in [2.45, 2.75) is 62.8 Å². The average Bonchev–Trinajstić information content (AvgIpc) is 2.85. The summed E-state index contributed by atoms with van der Waals surface area (Å²) in [5, 5.41) is 0. The monoisotopic (exact) mass is 358 g/mol. The number of benzene rings is 1. The van der Waals surface area contributed by atoms with Crippen LogP contribution < -0.4 is 5.73 Å². The summed E-state index contributed by atoms with van der Waals surface area (Å²) < 4.78 is 0. The molecule has 0 atom stereocenters. The Kier molecular flexibility index (Phi) is 8.92. The van der Waals surface area contributed by atoms with Gasteiger partial charge in [0.1, 0.15) is 0 Å². The minimum absolute atomic E-state index is 0. The Hall–Kier alpha value is -0.280. The molecule has 1 aromatic rings. The maximum Gasteiger partial charge on any atom is 0.00959 e. The first-order valence-electron chi connectivity index (χ1n) is 8.84. The normalized spacial score (nSPS) is 29.0. The Morgan fingerprint density at radius 3 is 2.00 bits per heavy atom. The third kappa shape index (κ3) is 4.85. The molecule has 1 aliphatic heterocycles. The fourth-order valence-corrected chi connectivity index (χ4v) is 4.38. The van der Waals surface area contributed by atoms with Gasteiger partial charge in [-0.1, -0.05) is 43.2 Å². The van der Waals surface area contributed by atoms with Gasteiger partial charge in [-0.3, -0.25) is 0 Å². The van der Waals surface area contributed by atoms with E-state index in [0.29, 0.717) is 0 Å². The number of nitrogens with zero attached hydrogens (tertiary/aromatic N) is 1. The molecule has 1 heterocycles. The summed E-state index contributed by atoms with van der Waals surface area (Å²) in [6.45, 7) is 3.45. The zero-order valence-corrected chi connectivity index (χ0v) is 15.7. The minimum Gasteiger partial charge on any atom is -0.330 e. The van der Waals surface area contributed by atoms with Gasteiger partial charge in [0.05, 0.1) is 0 Å². The van der Waals surface area contributed by atoms with Crippen LogP contribution in [0, 0.1) is 0 Å². The van der Waals surface area contributed by atoms with E-state index in [4.69, 9.17) is 5.73 Å². The van der Waals surface area contributed by atoms with Crippen LogP contribution in [-0.2, 0) is 5.41 Å². The molecule has 2 aliphatic rings. The summed E-state index contributed by atoms with van der Waals surface area (Å²) in [7, 11) is 0. The van der Waals surface area contributed by atoms with Gasteiger partial charge >= 0.3 is 0 Å². The quantitative estimate of drug-likeness (QED) is 0.858. The number of halogens is 2. The molecular formula is C19H32Cl2N2. The standard InChI is InChI=1S/C19H30N2.2ClH/c20-16-19(17-8-4-3-5-9-17)12-10-18(11-13-19)21-14-6-1-2-7-15-21;;/h3-5,8-9,18H,1-2,6-7,10-16,20H2;2*1H/t18-,19+;;. The molecule has 3 rings (SSSR count). The van der Waals surface area contributed by atoms with Gasteiger partial charge in [-0.25, -0.2) is 0 Å². The molecule has 1 aliphatic carbocycles. The van der Waals surface area contributed by atoms with Gasteiger partial charge in [0.15, 0.2) is 0 Å². The zero-order valence-electron chi connectivity index (χ0n) is 14.1. The minimum atomic E-state index is 0. The summed E-state index contributed by atoms with van der Waals surface area (Å²) in [4.78, 5) is 2.78. The summed E-state index contributed by atoms with van der Waals surface area (Å²) in [5.41, 5.74) is 7.91. The Bertz CT molecular complexity index is 422. The number of hydrogen-bond donors (Lipinski definition) is 1. The second-order valence-corrected chi connectivity index (χ2v) is 7.03. The molecule has 2 N–H and O–H groups in total. The third-order valence-corrected chi connectivity index (χ3v) is 5.85. The van der Waals surface area contributed by atoms with Crippen LogP contribution in [0.2, 0.25) is 0 Å². The number of likely N-dealkylation sites (tertiary alicyclic amines) is 1. The highest BCUT2D eigenvalue weighted by Gasteiger charge is 2.37. The Morgan fingerprint density at radius 1 is 0.913 bits per heavy atom. The summed E-state index contributed by atoms with van der Waals surface area (Å²) >= 11 is 0. The topological polar surface area (TPSA) is 29.3 Å².